The Morgan fingerprint density at radius 1 is 1.03 bits per heavy atom. The van der Waals surface area contributed by atoms with Crippen LogP contribution in [0.15, 0.2) is 65.6 Å². The van der Waals surface area contributed by atoms with Crippen molar-refractivity contribution in [3.05, 3.63) is 87.9 Å². The van der Waals surface area contributed by atoms with Crippen LogP contribution in [0, 0.1) is 0 Å². The molecule has 0 aromatic heterocycles. The zero-order valence-corrected chi connectivity index (χ0v) is 22.7. The number of urea groups is 1. The number of amides is 2. The van der Waals surface area contributed by atoms with Crippen LogP contribution in [0.25, 0.3) is 0 Å². The Hall–Kier alpha value is -3.11. The van der Waals surface area contributed by atoms with E-state index in [0.717, 1.165) is 48.6 Å². The summed E-state index contributed by atoms with van der Waals surface area (Å²) in [7, 11) is -3.52. The smallest absolute Gasteiger partial charge is 0.319 e. The molecule has 3 N–H and O–H groups in total. The van der Waals surface area contributed by atoms with E-state index in [0.29, 0.717) is 23.9 Å². The Balaban J connectivity index is 1.20. The monoisotopic (exact) mass is 554 g/mol. The number of rotatable bonds is 7. The van der Waals surface area contributed by atoms with Gasteiger partial charge in [0.2, 0.25) is 0 Å². The Labute approximate surface area is 228 Å². The first-order valence-corrected chi connectivity index (χ1v) is 14.7. The Bertz CT molecular complexity index is 1420. The Morgan fingerprint density at radius 3 is 2.53 bits per heavy atom. The molecule has 5 rings (SSSR count). The van der Waals surface area contributed by atoms with Crippen molar-refractivity contribution in [2.24, 2.45) is 0 Å². The number of sulfone groups is 1. The number of carbonyl (C=O) groups is 1. The molecule has 1 atom stereocenters. The summed E-state index contributed by atoms with van der Waals surface area (Å²) in [5.41, 5.74) is 5.46. The highest BCUT2D eigenvalue weighted by Gasteiger charge is 2.19. The third-order valence-corrected chi connectivity index (χ3v) is 8.95. The maximum absolute atomic E-state index is 13.0. The molecule has 200 valence electrons. The van der Waals surface area contributed by atoms with Crippen molar-refractivity contribution in [3.8, 4) is 0 Å². The predicted molar refractivity (Wildman–Crippen MR) is 149 cm³/mol. The molecule has 0 radical (unpaired) electrons. The minimum Gasteiger partial charge on any atom is -0.378 e. The van der Waals surface area contributed by atoms with E-state index in [2.05, 4.69) is 20.9 Å². The van der Waals surface area contributed by atoms with Crippen molar-refractivity contribution in [1.82, 2.24) is 10.6 Å². The van der Waals surface area contributed by atoms with Crippen molar-refractivity contribution in [3.63, 3.8) is 0 Å². The van der Waals surface area contributed by atoms with Gasteiger partial charge in [0.1, 0.15) is 0 Å². The van der Waals surface area contributed by atoms with E-state index in [9.17, 15) is 13.2 Å². The van der Waals surface area contributed by atoms with Crippen molar-refractivity contribution in [2.75, 3.05) is 36.5 Å². The lowest BCUT2D eigenvalue weighted by Crippen LogP contribution is -2.36. The molecule has 8 nitrogen and oxygen atoms in total. The summed E-state index contributed by atoms with van der Waals surface area (Å²) in [4.78, 5) is 15.1. The number of hydrogen-bond acceptors (Lipinski definition) is 6. The first-order valence-electron chi connectivity index (χ1n) is 12.6. The zero-order chi connectivity index (χ0) is 26.7. The highest BCUT2D eigenvalue weighted by Crippen LogP contribution is 2.29. The number of benzene rings is 3. The van der Waals surface area contributed by atoms with Crippen LogP contribution in [-0.4, -0.2) is 40.8 Å². The molecule has 1 saturated heterocycles. The van der Waals surface area contributed by atoms with E-state index in [1.54, 1.807) is 12.1 Å². The summed E-state index contributed by atoms with van der Waals surface area (Å²) in [5, 5.41) is 9.53. The molecule has 2 aliphatic heterocycles. The summed E-state index contributed by atoms with van der Waals surface area (Å²) in [6, 6.07) is 17.1. The van der Waals surface area contributed by atoms with Gasteiger partial charge in [-0.2, -0.15) is 0 Å². The van der Waals surface area contributed by atoms with Gasteiger partial charge in [-0.3, -0.25) is 0 Å². The van der Waals surface area contributed by atoms with Gasteiger partial charge in [-0.15, -0.1) is 0 Å². The fraction of sp³-hybridized carbons (Fsp3) is 0.321. The number of anilines is 2. The molecule has 2 amide bonds. The Morgan fingerprint density at radius 2 is 1.76 bits per heavy atom. The molecule has 2 heterocycles. The number of carbonyl (C=O) groups excluding carboxylic acids is 1. The summed E-state index contributed by atoms with van der Waals surface area (Å²) >= 11 is 6.44. The summed E-state index contributed by atoms with van der Waals surface area (Å²) in [5.74, 6) is -0.0741. The average molecular weight is 555 g/mol. The van der Waals surface area contributed by atoms with E-state index in [-0.39, 0.29) is 16.7 Å². The lowest BCUT2D eigenvalue weighted by molar-refractivity contribution is 0.122. The Kier molecular flexibility index (Phi) is 7.90. The van der Waals surface area contributed by atoms with E-state index in [4.69, 9.17) is 16.3 Å². The highest BCUT2D eigenvalue weighted by atomic mass is 35.5. The number of hydrogen-bond donors (Lipinski definition) is 3. The maximum atomic E-state index is 13.0. The zero-order valence-electron chi connectivity index (χ0n) is 21.2. The molecule has 3 aromatic rings. The van der Waals surface area contributed by atoms with Gasteiger partial charge in [-0.25, -0.2) is 13.2 Å². The van der Waals surface area contributed by atoms with Crippen molar-refractivity contribution in [1.29, 1.82) is 0 Å². The molecule has 10 heteroatoms. The van der Waals surface area contributed by atoms with Gasteiger partial charge in [0, 0.05) is 42.6 Å². The maximum Gasteiger partial charge on any atom is 0.319 e. The van der Waals surface area contributed by atoms with Crippen LogP contribution in [0.5, 0.6) is 0 Å². The second kappa shape index (κ2) is 11.3. The minimum absolute atomic E-state index is 0.0741. The minimum atomic E-state index is -3.52. The van der Waals surface area contributed by atoms with Crippen LogP contribution in [0.3, 0.4) is 0 Å². The van der Waals surface area contributed by atoms with Crippen molar-refractivity contribution < 1.29 is 17.9 Å². The fourth-order valence-corrected chi connectivity index (χ4v) is 6.43. The van der Waals surface area contributed by atoms with Gasteiger partial charge in [0.05, 0.1) is 29.9 Å². The van der Waals surface area contributed by atoms with Crippen molar-refractivity contribution in [2.45, 2.75) is 36.7 Å². The quantitative estimate of drug-likeness (QED) is 0.393. The molecular formula is C28H31ClN4O4S. The number of morpholine rings is 1. The largest absolute Gasteiger partial charge is 0.378 e. The number of ether oxygens (including phenoxy) is 1. The third-order valence-electron chi connectivity index (χ3n) is 6.90. The lowest BCUT2D eigenvalue weighted by atomic mass is 10.1. The third kappa shape index (κ3) is 6.13. The van der Waals surface area contributed by atoms with E-state index in [1.807, 2.05) is 43.3 Å². The predicted octanol–water partition coefficient (Wildman–Crippen LogP) is 4.64. The first kappa shape index (κ1) is 26.5. The highest BCUT2D eigenvalue weighted by molar-refractivity contribution is 7.90. The molecule has 0 bridgehead atoms. The van der Waals surface area contributed by atoms with Gasteiger partial charge < -0.3 is 25.6 Å². The number of halogens is 1. The van der Waals surface area contributed by atoms with Crippen LogP contribution >= 0.6 is 11.6 Å². The summed E-state index contributed by atoms with van der Waals surface area (Å²) in [6.45, 7) is 6.42. The first-order chi connectivity index (χ1) is 18.3. The van der Waals surface area contributed by atoms with Crippen LogP contribution in [0.2, 0.25) is 5.02 Å². The molecule has 38 heavy (non-hydrogen) atoms. The van der Waals surface area contributed by atoms with Crippen molar-refractivity contribution >= 4 is 38.8 Å². The van der Waals surface area contributed by atoms with Gasteiger partial charge in [0.15, 0.2) is 9.84 Å². The lowest BCUT2D eigenvalue weighted by Gasteiger charge is -2.30. The molecule has 0 aliphatic carbocycles. The molecule has 3 aromatic carbocycles. The fourth-order valence-electron chi connectivity index (χ4n) is 4.81. The number of nitrogens with one attached hydrogen (secondary N) is 3. The molecule has 0 saturated carbocycles. The molecule has 1 unspecified atom stereocenters. The summed E-state index contributed by atoms with van der Waals surface area (Å²) < 4.78 is 31.4. The van der Waals surface area contributed by atoms with Crippen LogP contribution in [0.1, 0.15) is 35.2 Å². The standard InChI is InChI=1S/C28H31ClN4O4S/c1-19(26-15-24(6-9-27(26)29)33-10-12-37-13-11-33)31-28(34)32-23-4-7-25(8-5-23)38(35,36)18-20-2-3-21-16-30-17-22(21)14-20/h2-9,14-15,19,30H,10-13,16-18H2,1H3,(H2,31,32,34). The molecule has 1 fully saturated rings. The van der Waals surface area contributed by atoms with Crippen LogP contribution in [0.4, 0.5) is 16.2 Å². The average Bonchev–Trinajstić information content (AvgIpc) is 3.37. The van der Waals surface area contributed by atoms with Gasteiger partial charge >= 0.3 is 6.03 Å². The van der Waals surface area contributed by atoms with Gasteiger partial charge in [-0.05, 0) is 71.6 Å². The van der Waals surface area contributed by atoms with Gasteiger partial charge in [0.25, 0.3) is 0 Å². The molecule has 2 aliphatic rings. The van der Waals surface area contributed by atoms with Crippen LogP contribution < -0.4 is 20.9 Å². The van der Waals surface area contributed by atoms with Crippen LogP contribution in [-0.2, 0) is 33.4 Å². The molecular weight excluding hydrogens is 524 g/mol. The number of nitrogens with zero attached hydrogens (tertiary/aromatic N) is 1. The SMILES string of the molecule is CC(NC(=O)Nc1ccc(S(=O)(=O)Cc2ccc3c(c2)CNC3)cc1)c1cc(N2CCOCC2)ccc1Cl. The normalized spacial score (nSPS) is 16.1. The topological polar surface area (TPSA) is 99.8 Å². The second-order valence-corrected chi connectivity index (χ2v) is 12.0. The number of fused-ring (bicyclic) bond motifs is 1. The van der Waals surface area contributed by atoms with E-state index < -0.39 is 15.9 Å². The van der Waals surface area contributed by atoms with E-state index >= 15 is 0 Å². The second-order valence-electron chi connectivity index (χ2n) is 9.62. The van der Waals surface area contributed by atoms with Gasteiger partial charge in [-0.1, -0.05) is 29.8 Å². The van der Waals surface area contributed by atoms with E-state index in [1.165, 1.54) is 17.7 Å². The molecule has 0 spiro atoms. The summed E-state index contributed by atoms with van der Waals surface area (Å²) in [6.07, 6.45) is 0.